The van der Waals surface area contributed by atoms with E-state index in [0.29, 0.717) is 18.7 Å². The Hall–Kier alpha value is -2.34. The van der Waals surface area contributed by atoms with Crippen molar-refractivity contribution in [1.29, 1.82) is 0 Å². The van der Waals surface area contributed by atoms with Crippen molar-refractivity contribution in [3.05, 3.63) is 45.8 Å². The van der Waals surface area contributed by atoms with Gasteiger partial charge in [0.2, 0.25) is 0 Å². The van der Waals surface area contributed by atoms with E-state index in [-0.39, 0.29) is 17.2 Å². The van der Waals surface area contributed by atoms with Gasteiger partial charge in [0.25, 0.3) is 0 Å². The van der Waals surface area contributed by atoms with E-state index >= 15 is 0 Å². The standard InChI is InChI=1S/C18H21N3O3/c1-3-12-4-5-15-14(6-12)13(7-16(22)24-15)8-21-10-18(11-21)9-19-17(23)20(18)2/h4-7H,3,8-11H2,1-2H3,(H,19,23). The fourth-order valence-electron chi connectivity index (χ4n) is 3.78. The lowest BCUT2D eigenvalue weighted by Gasteiger charge is -2.50. The van der Waals surface area contributed by atoms with E-state index in [1.165, 1.54) is 5.56 Å². The topological polar surface area (TPSA) is 65.8 Å². The summed E-state index contributed by atoms with van der Waals surface area (Å²) in [6.45, 7) is 5.13. The molecule has 4 rings (SSSR count). The van der Waals surface area contributed by atoms with Crippen LogP contribution < -0.4 is 10.9 Å². The molecule has 0 radical (unpaired) electrons. The molecule has 0 unspecified atom stereocenters. The molecule has 1 N–H and O–H groups in total. The van der Waals surface area contributed by atoms with Gasteiger partial charge in [-0.25, -0.2) is 9.59 Å². The maximum absolute atomic E-state index is 11.8. The maximum atomic E-state index is 11.8. The first kappa shape index (κ1) is 15.2. The minimum Gasteiger partial charge on any atom is -0.423 e. The molecule has 2 aliphatic heterocycles. The first-order valence-corrected chi connectivity index (χ1v) is 8.30. The molecule has 2 saturated heterocycles. The Kier molecular flexibility index (Phi) is 3.38. The number of aryl methyl sites for hydroxylation is 1. The highest BCUT2D eigenvalue weighted by molar-refractivity contribution is 5.81. The van der Waals surface area contributed by atoms with Gasteiger partial charge in [0, 0.05) is 44.7 Å². The summed E-state index contributed by atoms with van der Waals surface area (Å²) >= 11 is 0. The van der Waals surface area contributed by atoms with Gasteiger partial charge >= 0.3 is 11.7 Å². The number of carbonyl (C=O) groups excluding carboxylic acids is 1. The zero-order valence-corrected chi connectivity index (χ0v) is 14.0. The molecule has 6 heteroatoms. The van der Waals surface area contributed by atoms with E-state index in [1.807, 2.05) is 19.2 Å². The number of amides is 2. The zero-order chi connectivity index (χ0) is 16.9. The van der Waals surface area contributed by atoms with Crippen molar-refractivity contribution in [2.45, 2.75) is 25.4 Å². The summed E-state index contributed by atoms with van der Waals surface area (Å²) in [5.74, 6) is 0. The number of fused-ring (bicyclic) bond motifs is 1. The lowest BCUT2D eigenvalue weighted by atomic mass is 9.89. The first-order chi connectivity index (χ1) is 11.5. The summed E-state index contributed by atoms with van der Waals surface area (Å²) in [6, 6.07) is 7.57. The van der Waals surface area contributed by atoms with Gasteiger partial charge < -0.3 is 14.6 Å². The smallest absolute Gasteiger partial charge is 0.336 e. The molecule has 1 aromatic heterocycles. The third kappa shape index (κ3) is 2.29. The van der Waals surface area contributed by atoms with Crippen LogP contribution in [0.5, 0.6) is 0 Å². The number of likely N-dealkylation sites (tertiary alicyclic amines) is 1. The highest BCUT2D eigenvalue weighted by Crippen LogP contribution is 2.32. The van der Waals surface area contributed by atoms with Crippen LogP contribution in [0.15, 0.2) is 33.5 Å². The van der Waals surface area contributed by atoms with Gasteiger partial charge in [0.1, 0.15) is 5.58 Å². The molecule has 6 nitrogen and oxygen atoms in total. The van der Waals surface area contributed by atoms with Gasteiger partial charge in [-0.3, -0.25) is 4.90 Å². The number of rotatable bonds is 3. The number of hydrogen-bond acceptors (Lipinski definition) is 4. The third-order valence-electron chi connectivity index (χ3n) is 5.32. The summed E-state index contributed by atoms with van der Waals surface area (Å²) in [7, 11) is 1.85. The summed E-state index contributed by atoms with van der Waals surface area (Å²) in [6.07, 6.45) is 0.944. The highest BCUT2D eigenvalue weighted by Gasteiger charge is 2.51. The van der Waals surface area contributed by atoms with Crippen molar-refractivity contribution in [3.8, 4) is 0 Å². The molecule has 3 heterocycles. The molecule has 2 aromatic rings. The lowest BCUT2D eigenvalue weighted by Crippen LogP contribution is -2.68. The van der Waals surface area contributed by atoms with Crippen LogP contribution in [0.2, 0.25) is 0 Å². The van der Waals surface area contributed by atoms with E-state index in [0.717, 1.165) is 30.5 Å². The predicted octanol–water partition coefficient (Wildman–Crippen LogP) is 1.56. The van der Waals surface area contributed by atoms with E-state index in [9.17, 15) is 9.59 Å². The second kappa shape index (κ2) is 5.34. The molecule has 2 amide bonds. The molecule has 24 heavy (non-hydrogen) atoms. The minimum atomic E-state index is -0.313. The monoisotopic (exact) mass is 327 g/mol. The zero-order valence-electron chi connectivity index (χ0n) is 14.0. The number of nitrogens with one attached hydrogen (secondary N) is 1. The molecule has 1 spiro atoms. The van der Waals surface area contributed by atoms with Crippen LogP contribution in [0.4, 0.5) is 4.79 Å². The Balaban J connectivity index is 1.59. The fraction of sp³-hybridized carbons (Fsp3) is 0.444. The van der Waals surface area contributed by atoms with E-state index in [4.69, 9.17) is 4.42 Å². The number of urea groups is 1. The molecule has 0 aliphatic carbocycles. The maximum Gasteiger partial charge on any atom is 0.336 e. The summed E-state index contributed by atoms with van der Waals surface area (Å²) in [5.41, 5.74) is 2.45. The number of benzene rings is 1. The Morgan fingerprint density at radius 1 is 1.25 bits per heavy atom. The van der Waals surface area contributed by atoms with Crippen LogP contribution in [-0.4, -0.2) is 48.1 Å². The molecular formula is C18H21N3O3. The van der Waals surface area contributed by atoms with Gasteiger partial charge in [-0.05, 0) is 29.7 Å². The first-order valence-electron chi connectivity index (χ1n) is 8.30. The van der Waals surface area contributed by atoms with Crippen LogP contribution >= 0.6 is 0 Å². The van der Waals surface area contributed by atoms with Gasteiger partial charge in [0.15, 0.2) is 0 Å². The number of hydrogen-bond donors (Lipinski definition) is 1. The normalized spacial score (nSPS) is 19.8. The summed E-state index contributed by atoms with van der Waals surface area (Å²) in [5, 5.41) is 3.90. The molecule has 0 bridgehead atoms. The lowest BCUT2D eigenvalue weighted by molar-refractivity contribution is -0.000862. The Morgan fingerprint density at radius 3 is 2.71 bits per heavy atom. The van der Waals surface area contributed by atoms with Gasteiger partial charge in [0.05, 0.1) is 5.54 Å². The highest BCUT2D eigenvalue weighted by atomic mass is 16.4. The average Bonchev–Trinajstić information content (AvgIpc) is 2.83. The van der Waals surface area contributed by atoms with Gasteiger partial charge in [-0.2, -0.15) is 0 Å². The van der Waals surface area contributed by atoms with Crippen molar-refractivity contribution < 1.29 is 9.21 Å². The SMILES string of the molecule is CCc1ccc2oc(=O)cc(CN3CC4(CNC(=O)N4C)C3)c2c1. The summed E-state index contributed by atoms with van der Waals surface area (Å²) in [4.78, 5) is 27.6. The molecule has 1 aromatic carbocycles. The second-order valence-electron chi connectivity index (χ2n) is 6.86. The Morgan fingerprint density at radius 2 is 2.04 bits per heavy atom. The van der Waals surface area contributed by atoms with Crippen molar-refractivity contribution >= 4 is 17.0 Å². The van der Waals surface area contributed by atoms with Crippen LogP contribution in [0.25, 0.3) is 11.0 Å². The largest absolute Gasteiger partial charge is 0.423 e. The average molecular weight is 327 g/mol. The number of carbonyl (C=O) groups is 1. The molecular weight excluding hydrogens is 306 g/mol. The van der Waals surface area contributed by atoms with Crippen molar-refractivity contribution in [1.82, 2.24) is 15.1 Å². The summed E-state index contributed by atoms with van der Waals surface area (Å²) < 4.78 is 5.32. The van der Waals surface area contributed by atoms with Gasteiger partial charge in [-0.15, -0.1) is 0 Å². The Labute approximate surface area is 140 Å². The van der Waals surface area contributed by atoms with Crippen LogP contribution in [0, 0.1) is 0 Å². The van der Waals surface area contributed by atoms with Gasteiger partial charge in [-0.1, -0.05) is 13.0 Å². The van der Waals surface area contributed by atoms with Crippen LogP contribution in [0.3, 0.4) is 0 Å². The van der Waals surface area contributed by atoms with Crippen molar-refractivity contribution in [3.63, 3.8) is 0 Å². The third-order valence-corrected chi connectivity index (χ3v) is 5.32. The van der Waals surface area contributed by atoms with Crippen LogP contribution in [-0.2, 0) is 13.0 Å². The quantitative estimate of drug-likeness (QED) is 0.869. The number of nitrogens with zero attached hydrogens (tertiary/aromatic N) is 2. The predicted molar refractivity (Wildman–Crippen MR) is 91.0 cm³/mol. The van der Waals surface area contributed by atoms with E-state index in [2.05, 4.69) is 23.2 Å². The molecule has 126 valence electrons. The molecule has 2 aliphatic rings. The van der Waals surface area contributed by atoms with E-state index < -0.39 is 0 Å². The molecule has 2 fully saturated rings. The molecule has 0 saturated carbocycles. The van der Waals surface area contributed by atoms with Crippen molar-refractivity contribution in [2.75, 3.05) is 26.7 Å². The van der Waals surface area contributed by atoms with E-state index in [1.54, 1.807) is 11.0 Å². The van der Waals surface area contributed by atoms with Crippen LogP contribution in [0.1, 0.15) is 18.1 Å². The Bertz CT molecular complexity index is 867. The fourth-order valence-corrected chi connectivity index (χ4v) is 3.78. The second-order valence-corrected chi connectivity index (χ2v) is 6.86. The number of likely N-dealkylation sites (N-methyl/N-ethyl adjacent to an activating group) is 1. The molecule has 0 atom stereocenters. The van der Waals surface area contributed by atoms with Crippen molar-refractivity contribution in [2.24, 2.45) is 0 Å². The minimum absolute atomic E-state index is 0.00644.